The first kappa shape index (κ1) is 12.6. The second-order valence-corrected chi connectivity index (χ2v) is 5.62. The minimum absolute atomic E-state index is 0.195. The van der Waals surface area contributed by atoms with Gasteiger partial charge in [0.15, 0.2) is 0 Å². The minimum atomic E-state index is -0.924. The number of piperidine rings is 1. The number of carboxylic acid groups (broad SMARTS) is 1. The summed E-state index contributed by atoms with van der Waals surface area (Å²) in [6, 6.07) is 0.760. The number of aromatic carboxylic acids is 1. The zero-order valence-corrected chi connectivity index (χ0v) is 11.0. The standard InChI is InChI=1S/C13H19N3O3/c1-15-12(11(6-14-15)13(18)19)7-16-8-2-3-9(16)5-10(17)4-8/h6,8-10,17H,2-5,7H2,1H3,(H,18,19). The third-order valence-corrected chi connectivity index (χ3v) is 4.48. The van der Waals surface area contributed by atoms with E-state index in [1.165, 1.54) is 6.20 Å². The molecule has 2 unspecified atom stereocenters. The van der Waals surface area contributed by atoms with Gasteiger partial charge in [-0.3, -0.25) is 9.58 Å². The quantitative estimate of drug-likeness (QED) is 0.837. The lowest BCUT2D eigenvalue weighted by atomic mass is 9.99. The smallest absolute Gasteiger partial charge is 0.339 e. The van der Waals surface area contributed by atoms with Gasteiger partial charge in [0.05, 0.1) is 18.0 Å². The summed E-state index contributed by atoms with van der Waals surface area (Å²) < 4.78 is 1.65. The molecule has 2 bridgehead atoms. The molecule has 2 aliphatic rings. The van der Waals surface area contributed by atoms with Crippen LogP contribution in [0.5, 0.6) is 0 Å². The second-order valence-electron chi connectivity index (χ2n) is 5.62. The lowest BCUT2D eigenvalue weighted by Crippen LogP contribution is -2.44. The molecule has 6 nitrogen and oxygen atoms in total. The molecule has 3 rings (SSSR count). The number of hydrogen-bond donors (Lipinski definition) is 2. The number of nitrogens with zero attached hydrogens (tertiary/aromatic N) is 3. The highest BCUT2D eigenvalue weighted by Gasteiger charge is 2.40. The van der Waals surface area contributed by atoms with Crippen LogP contribution in [0.4, 0.5) is 0 Å². The molecule has 2 aliphatic heterocycles. The molecular weight excluding hydrogens is 246 g/mol. The Bertz CT molecular complexity index is 485. The molecule has 1 aromatic heterocycles. The van der Waals surface area contributed by atoms with Crippen LogP contribution in [0.15, 0.2) is 6.20 Å². The highest BCUT2D eigenvalue weighted by atomic mass is 16.4. The normalized spacial score (nSPS) is 30.7. The summed E-state index contributed by atoms with van der Waals surface area (Å²) in [5, 5.41) is 23.0. The van der Waals surface area contributed by atoms with E-state index in [1.54, 1.807) is 11.7 Å². The molecule has 19 heavy (non-hydrogen) atoms. The first-order valence-electron chi connectivity index (χ1n) is 6.74. The van der Waals surface area contributed by atoms with E-state index in [1.807, 2.05) is 0 Å². The Kier molecular flexibility index (Phi) is 3.06. The van der Waals surface area contributed by atoms with Crippen molar-refractivity contribution in [2.24, 2.45) is 7.05 Å². The van der Waals surface area contributed by atoms with Crippen molar-refractivity contribution in [3.05, 3.63) is 17.5 Å². The van der Waals surface area contributed by atoms with Crippen molar-refractivity contribution in [2.75, 3.05) is 0 Å². The molecule has 6 heteroatoms. The van der Waals surface area contributed by atoms with E-state index in [9.17, 15) is 15.0 Å². The zero-order valence-electron chi connectivity index (χ0n) is 11.0. The maximum atomic E-state index is 11.2. The van der Waals surface area contributed by atoms with E-state index in [4.69, 9.17) is 0 Å². The van der Waals surface area contributed by atoms with Crippen molar-refractivity contribution in [1.29, 1.82) is 0 Å². The highest BCUT2D eigenvalue weighted by molar-refractivity contribution is 5.88. The van der Waals surface area contributed by atoms with Gasteiger partial charge >= 0.3 is 5.97 Å². The van der Waals surface area contributed by atoms with Crippen LogP contribution in [-0.4, -0.2) is 49.1 Å². The number of carbonyl (C=O) groups is 1. The van der Waals surface area contributed by atoms with E-state index in [-0.39, 0.29) is 11.7 Å². The molecule has 3 heterocycles. The van der Waals surface area contributed by atoms with Gasteiger partial charge in [0.2, 0.25) is 0 Å². The Hall–Kier alpha value is -1.40. The fourth-order valence-corrected chi connectivity index (χ4v) is 3.51. The third kappa shape index (κ3) is 2.15. The predicted octanol–water partition coefficient (Wildman–Crippen LogP) is 0.606. The van der Waals surface area contributed by atoms with Crippen molar-refractivity contribution < 1.29 is 15.0 Å². The largest absolute Gasteiger partial charge is 0.478 e. The number of fused-ring (bicyclic) bond motifs is 2. The highest BCUT2D eigenvalue weighted by Crippen LogP contribution is 2.36. The molecule has 0 aromatic carbocycles. The van der Waals surface area contributed by atoms with Crippen LogP contribution in [-0.2, 0) is 13.6 Å². The Labute approximate surface area is 111 Å². The Morgan fingerprint density at radius 1 is 1.42 bits per heavy atom. The third-order valence-electron chi connectivity index (χ3n) is 4.48. The summed E-state index contributed by atoms with van der Waals surface area (Å²) in [5.41, 5.74) is 1.04. The lowest BCUT2D eigenvalue weighted by Gasteiger charge is -2.37. The molecule has 0 amide bonds. The van der Waals surface area contributed by atoms with Gasteiger partial charge in [-0.05, 0) is 25.7 Å². The first-order chi connectivity index (χ1) is 9.06. The number of aliphatic hydroxyl groups is 1. The lowest BCUT2D eigenvalue weighted by molar-refractivity contribution is 0.0293. The summed E-state index contributed by atoms with van der Waals surface area (Å²) >= 11 is 0. The van der Waals surface area contributed by atoms with Crippen molar-refractivity contribution in [2.45, 2.75) is 50.4 Å². The van der Waals surface area contributed by atoms with Crippen LogP contribution in [0.2, 0.25) is 0 Å². The SMILES string of the molecule is Cn1ncc(C(=O)O)c1CN1C2CCC1CC(O)C2. The van der Waals surface area contributed by atoms with Crippen LogP contribution < -0.4 is 0 Å². The number of aliphatic hydroxyl groups excluding tert-OH is 1. The maximum Gasteiger partial charge on any atom is 0.339 e. The van der Waals surface area contributed by atoms with Crippen LogP contribution in [0.1, 0.15) is 41.7 Å². The average molecular weight is 265 g/mol. The molecule has 1 aromatic rings. The zero-order chi connectivity index (χ0) is 13.6. The maximum absolute atomic E-state index is 11.2. The first-order valence-corrected chi connectivity index (χ1v) is 6.74. The van der Waals surface area contributed by atoms with Gasteiger partial charge in [-0.1, -0.05) is 0 Å². The fourth-order valence-electron chi connectivity index (χ4n) is 3.51. The molecular formula is C13H19N3O3. The van der Waals surface area contributed by atoms with Crippen LogP contribution in [0.25, 0.3) is 0 Å². The van der Waals surface area contributed by atoms with Gasteiger partial charge in [-0.25, -0.2) is 4.79 Å². The summed E-state index contributed by atoms with van der Waals surface area (Å²) in [5.74, 6) is -0.924. The molecule has 2 N–H and O–H groups in total. The second kappa shape index (κ2) is 4.61. The van der Waals surface area contributed by atoms with Crippen molar-refractivity contribution >= 4 is 5.97 Å². The molecule has 0 aliphatic carbocycles. The molecule has 0 saturated carbocycles. The van der Waals surface area contributed by atoms with E-state index in [0.29, 0.717) is 18.6 Å². The Balaban J connectivity index is 1.83. The van der Waals surface area contributed by atoms with Gasteiger partial charge < -0.3 is 10.2 Å². The Morgan fingerprint density at radius 2 is 2.05 bits per heavy atom. The molecule has 2 fully saturated rings. The van der Waals surface area contributed by atoms with Crippen LogP contribution >= 0.6 is 0 Å². The van der Waals surface area contributed by atoms with Crippen molar-refractivity contribution in [3.63, 3.8) is 0 Å². The molecule has 0 radical (unpaired) electrons. The molecule has 104 valence electrons. The minimum Gasteiger partial charge on any atom is -0.478 e. The van der Waals surface area contributed by atoms with Crippen molar-refractivity contribution in [1.82, 2.24) is 14.7 Å². The number of carboxylic acids is 1. The van der Waals surface area contributed by atoms with Crippen molar-refractivity contribution in [3.8, 4) is 0 Å². The number of aryl methyl sites for hydroxylation is 1. The molecule has 0 spiro atoms. The van der Waals surface area contributed by atoms with Gasteiger partial charge in [0.1, 0.15) is 5.56 Å². The molecule has 2 atom stereocenters. The number of aromatic nitrogens is 2. The molecule has 2 saturated heterocycles. The number of hydrogen-bond acceptors (Lipinski definition) is 4. The van der Waals surface area contributed by atoms with Gasteiger partial charge in [0, 0.05) is 25.7 Å². The summed E-state index contributed by atoms with van der Waals surface area (Å²) in [4.78, 5) is 13.5. The predicted molar refractivity (Wildman–Crippen MR) is 67.8 cm³/mol. The summed E-state index contributed by atoms with van der Waals surface area (Å²) in [7, 11) is 1.78. The summed E-state index contributed by atoms with van der Waals surface area (Å²) in [6.07, 6.45) is 5.02. The van der Waals surface area contributed by atoms with Gasteiger partial charge in [0.25, 0.3) is 0 Å². The Morgan fingerprint density at radius 3 is 2.63 bits per heavy atom. The average Bonchev–Trinajstić information content (AvgIpc) is 2.80. The van der Waals surface area contributed by atoms with Crippen LogP contribution in [0, 0.1) is 0 Å². The van der Waals surface area contributed by atoms with Crippen LogP contribution in [0.3, 0.4) is 0 Å². The summed E-state index contributed by atoms with van der Waals surface area (Å²) in [6.45, 7) is 0.611. The van der Waals surface area contributed by atoms with E-state index >= 15 is 0 Å². The van der Waals surface area contributed by atoms with E-state index < -0.39 is 5.97 Å². The van der Waals surface area contributed by atoms with E-state index in [0.717, 1.165) is 31.4 Å². The monoisotopic (exact) mass is 265 g/mol. The fraction of sp³-hybridized carbons (Fsp3) is 0.692. The van der Waals surface area contributed by atoms with E-state index in [2.05, 4.69) is 10.00 Å². The topological polar surface area (TPSA) is 78.6 Å². The van der Waals surface area contributed by atoms with Gasteiger partial charge in [-0.2, -0.15) is 5.10 Å². The van der Waals surface area contributed by atoms with Gasteiger partial charge in [-0.15, -0.1) is 0 Å². The number of rotatable bonds is 3.